The van der Waals surface area contributed by atoms with Crippen molar-refractivity contribution in [1.29, 1.82) is 0 Å². The predicted octanol–water partition coefficient (Wildman–Crippen LogP) is 3.75. The Bertz CT molecular complexity index is 928. The van der Waals surface area contributed by atoms with E-state index in [9.17, 15) is 8.42 Å². The van der Waals surface area contributed by atoms with Crippen molar-refractivity contribution in [2.75, 3.05) is 20.8 Å². The number of hydrogen-bond donors (Lipinski definition) is 0. The zero-order chi connectivity index (χ0) is 19.8. The molecule has 2 aromatic rings. The van der Waals surface area contributed by atoms with Gasteiger partial charge in [0.15, 0.2) is 11.5 Å². The van der Waals surface area contributed by atoms with Crippen molar-refractivity contribution in [2.45, 2.75) is 44.0 Å². The third kappa shape index (κ3) is 3.82. The first-order valence-electron chi connectivity index (χ1n) is 9.01. The summed E-state index contributed by atoms with van der Waals surface area (Å²) in [6.45, 7) is 7.12. The van der Waals surface area contributed by atoms with Crippen molar-refractivity contribution in [3.05, 3.63) is 53.1 Å². The van der Waals surface area contributed by atoms with E-state index in [1.165, 1.54) is 4.31 Å². The van der Waals surface area contributed by atoms with Crippen LogP contribution in [0.25, 0.3) is 0 Å². The topological polar surface area (TPSA) is 55.8 Å². The summed E-state index contributed by atoms with van der Waals surface area (Å²) in [5.74, 6) is 1.29. The predicted molar refractivity (Wildman–Crippen MR) is 106 cm³/mol. The van der Waals surface area contributed by atoms with Crippen LogP contribution in [0.5, 0.6) is 11.5 Å². The largest absolute Gasteiger partial charge is 0.493 e. The van der Waals surface area contributed by atoms with Crippen molar-refractivity contribution >= 4 is 10.0 Å². The molecule has 0 amide bonds. The number of fused-ring (bicyclic) bond motifs is 1. The van der Waals surface area contributed by atoms with Crippen LogP contribution in [-0.4, -0.2) is 33.5 Å². The Kier molecular flexibility index (Phi) is 5.23. The molecule has 1 aliphatic rings. The number of rotatable bonds is 4. The second kappa shape index (κ2) is 7.17. The maximum atomic E-state index is 13.1. The number of sulfonamides is 1. The Morgan fingerprint density at radius 2 is 1.48 bits per heavy atom. The van der Waals surface area contributed by atoms with Gasteiger partial charge < -0.3 is 9.47 Å². The lowest BCUT2D eigenvalue weighted by Crippen LogP contribution is -2.36. The molecule has 0 aliphatic carbocycles. The maximum absolute atomic E-state index is 13.1. The van der Waals surface area contributed by atoms with Crippen LogP contribution in [0.15, 0.2) is 41.3 Å². The molecule has 5 nitrogen and oxygen atoms in total. The van der Waals surface area contributed by atoms with Gasteiger partial charge in [0.2, 0.25) is 10.0 Å². The van der Waals surface area contributed by atoms with E-state index in [1.807, 2.05) is 24.3 Å². The van der Waals surface area contributed by atoms with Gasteiger partial charge in [0, 0.05) is 13.1 Å². The molecule has 1 heterocycles. The van der Waals surface area contributed by atoms with E-state index in [0.717, 1.165) is 16.7 Å². The van der Waals surface area contributed by atoms with E-state index in [1.54, 1.807) is 26.4 Å². The minimum atomic E-state index is -3.54. The van der Waals surface area contributed by atoms with E-state index in [4.69, 9.17) is 9.47 Å². The van der Waals surface area contributed by atoms with Gasteiger partial charge in [0.1, 0.15) is 0 Å². The van der Waals surface area contributed by atoms with Crippen molar-refractivity contribution in [1.82, 2.24) is 4.31 Å². The molecule has 0 atom stereocenters. The summed E-state index contributed by atoms with van der Waals surface area (Å²) >= 11 is 0. The van der Waals surface area contributed by atoms with Gasteiger partial charge in [-0.2, -0.15) is 4.31 Å². The van der Waals surface area contributed by atoms with Gasteiger partial charge >= 0.3 is 0 Å². The Balaban J connectivity index is 1.89. The third-order valence-electron chi connectivity index (χ3n) is 5.04. The SMILES string of the molecule is COc1cc2c(cc1OC)CN(S(=O)(=O)c1ccc(C(C)(C)C)cc1)CC2. The smallest absolute Gasteiger partial charge is 0.243 e. The van der Waals surface area contributed by atoms with Gasteiger partial charge in [-0.3, -0.25) is 0 Å². The summed E-state index contributed by atoms with van der Waals surface area (Å²) in [4.78, 5) is 0.333. The molecule has 146 valence electrons. The first-order valence-corrected chi connectivity index (χ1v) is 10.5. The second-order valence-electron chi connectivity index (χ2n) is 7.84. The van der Waals surface area contributed by atoms with Crippen molar-refractivity contribution < 1.29 is 17.9 Å². The fourth-order valence-electron chi connectivity index (χ4n) is 3.34. The molecule has 6 heteroatoms. The molecule has 0 unspecified atom stereocenters. The van der Waals surface area contributed by atoms with E-state index >= 15 is 0 Å². The fourth-order valence-corrected chi connectivity index (χ4v) is 4.76. The van der Waals surface area contributed by atoms with Crippen molar-refractivity contribution in [3.8, 4) is 11.5 Å². The molecule has 0 bridgehead atoms. The molecule has 0 saturated carbocycles. The molecule has 0 radical (unpaired) electrons. The molecule has 0 N–H and O–H groups in total. The molecular weight excluding hydrogens is 362 g/mol. The van der Waals surface area contributed by atoms with Crippen LogP contribution >= 0.6 is 0 Å². The summed E-state index contributed by atoms with van der Waals surface area (Å²) in [6.07, 6.45) is 0.648. The van der Waals surface area contributed by atoms with Crippen LogP contribution < -0.4 is 9.47 Å². The Morgan fingerprint density at radius 1 is 0.926 bits per heavy atom. The van der Waals surface area contributed by atoms with Crippen LogP contribution in [0.1, 0.15) is 37.5 Å². The Hall–Kier alpha value is -2.05. The molecule has 0 fully saturated rings. The van der Waals surface area contributed by atoms with Crippen molar-refractivity contribution in [3.63, 3.8) is 0 Å². The van der Waals surface area contributed by atoms with Gasteiger partial charge in [0.25, 0.3) is 0 Å². The maximum Gasteiger partial charge on any atom is 0.243 e. The second-order valence-corrected chi connectivity index (χ2v) is 9.78. The van der Waals surface area contributed by atoms with Gasteiger partial charge in [-0.05, 0) is 52.8 Å². The summed E-state index contributed by atoms with van der Waals surface area (Å²) in [5, 5.41) is 0. The quantitative estimate of drug-likeness (QED) is 0.799. The van der Waals surface area contributed by atoms with Crippen LogP contribution in [-0.2, 0) is 28.4 Å². The highest BCUT2D eigenvalue weighted by atomic mass is 32.2. The number of hydrogen-bond acceptors (Lipinski definition) is 4. The monoisotopic (exact) mass is 389 g/mol. The van der Waals surface area contributed by atoms with Crippen LogP contribution in [0.4, 0.5) is 0 Å². The van der Waals surface area contributed by atoms with Crippen LogP contribution in [0.3, 0.4) is 0 Å². The molecule has 3 rings (SSSR count). The average molecular weight is 390 g/mol. The first kappa shape index (κ1) is 19.7. The third-order valence-corrected chi connectivity index (χ3v) is 6.90. The highest BCUT2D eigenvalue weighted by Crippen LogP contribution is 2.34. The minimum absolute atomic E-state index is 0.0119. The Morgan fingerprint density at radius 3 is 2.00 bits per heavy atom. The highest BCUT2D eigenvalue weighted by Gasteiger charge is 2.29. The number of methoxy groups -OCH3 is 2. The lowest BCUT2D eigenvalue weighted by molar-refractivity contribution is 0.348. The van der Waals surface area contributed by atoms with Crippen molar-refractivity contribution in [2.24, 2.45) is 0 Å². The van der Waals surface area contributed by atoms with E-state index < -0.39 is 10.0 Å². The lowest BCUT2D eigenvalue weighted by atomic mass is 9.87. The zero-order valence-electron chi connectivity index (χ0n) is 16.6. The normalized spacial score (nSPS) is 15.3. The molecule has 27 heavy (non-hydrogen) atoms. The summed E-state index contributed by atoms with van der Waals surface area (Å²) < 4.78 is 38.5. The van der Waals surface area contributed by atoms with Gasteiger partial charge in [-0.15, -0.1) is 0 Å². The van der Waals surface area contributed by atoms with E-state index in [-0.39, 0.29) is 5.41 Å². The Labute approximate surface area is 162 Å². The molecule has 1 aliphatic heterocycles. The van der Waals surface area contributed by atoms with E-state index in [0.29, 0.717) is 35.9 Å². The molecule has 2 aromatic carbocycles. The minimum Gasteiger partial charge on any atom is -0.493 e. The fraction of sp³-hybridized carbons (Fsp3) is 0.429. The number of ether oxygens (including phenoxy) is 2. The van der Waals surface area contributed by atoms with Gasteiger partial charge in [-0.1, -0.05) is 32.9 Å². The number of nitrogens with zero attached hydrogens (tertiary/aromatic N) is 1. The van der Waals surface area contributed by atoms with Crippen LogP contribution in [0, 0.1) is 0 Å². The average Bonchev–Trinajstić information content (AvgIpc) is 2.65. The zero-order valence-corrected chi connectivity index (χ0v) is 17.4. The highest BCUT2D eigenvalue weighted by molar-refractivity contribution is 7.89. The summed E-state index contributed by atoms with van der Waals surface area (Å²) in [7, 11) is -0.357. The summed E-state index contributed by atoms with van der Waals surface area (Å²) in [6, 6.07) is 11.0. The molecule has 0 aromatic heterocycles. The summed E-state index contributed by atoms with van der Waals surface area (Å²) in [5.41, 5.74) is 3.15. The molecular formula is C21H27NO4S. The van der Waals surface area contributed by atoms with Gasteiger partial charge in [-0.25, -0.2) is 8.42 Å². The van der Waals surface area contributed by atoms with Gasteiger partial charge in [0.05, 0.1) is 19.1 Å². The standard InChI is InChI=1S/C21H27NO4S/c1-21(2,3)17-6-8-18(9-7-17)27(23,24)22-11-10-15-12-19(25-4)20(26-5)13-16(15)14-22/h6-9,12-13H,10-11,14H2,1-5H3. The van der Waals surface area contributed by atoms with Crippen LogP contribution in [0.2, 0.25) is 0 Å². The lowest BCUT2D eigenvalue weighted by Gasteiger charge is -2.29. The molecule has 0 spiro atoms. The molecule has 0 saturated heterocycles. The van der Waals surface area contributed by atoms with E-state index in [2.05, 4.69) is 20.8 Å². The first-order chi connectivity index (χ1) is 12.7. The number of benzene rings is 2.